The third kappa shape index (κ3) is 2.40. The van der Waals surface area contributed by atoms with Crippen molar-refractivity contribution < 1.29 is 9.90 Å². The Morgan fingerprint density at radius 2 is 1.57 bits per heavy atom. The maximum absolute atomic E-state index is 13.2. The normalized spacial score (nSPS) is 25.5. The van der Waals surface area contributed by atoms with Crippen molar-refractivity contribution in [2.75, 3.05) is 0 Å². The smallest absolute Gasteiger partial charge is 0.175 e. The number of aliphatic hydroxyl groups excluding tert-OH is 1. The zero-order valence-electron chi connectivity index (χ0n) is 12.0. The van der Waals surface area contributed by atoms with Crippen LogP contribution in [0, 0.1) is 0 Å². The van der Waals surface area contributed by atoms with Gasteiger partial charge in [-0.05, 0) is 18.4 Å². The highest BCUT2D eigenvalue weighted by molar-refractivity contribution is 6.04. The number of rotatable bonds is 3. The fraction of sp³-hybridized carbons (Fsp3) is 0.316. The molecule has 2 aromatic rings. The predicted molar refractivity (Wildman–Crippen MR) is 83.4 cm³/mol. The number of hydrogen-bond donors (Lipinski definition) is 1. The van der Waals surface area contributed by atoms with Gasteiger partial charge in [0.15, 0.2) is 5.78 Å². The molecule has 0 aromatic heterocycles. The van der Waals surface area contributed by atoms with Crippen molar-refractivity contribution in [3.05, 3.63) is 71.8 Å². The van der Waals surface area contributed by atoms with Crippen LogP contribution in [0.2, 0.25) is 0 Å². The van der Waals surface area contributed by atoms with E-state index in [0.717, 1.165) is 18.4 Å². The molecule has 21 heavy (non-hydrogen) atoms. The molecule has 0 radical (unpaired) electrons. The molecule has 2 unspecified atom stereocenters. The summed E-state index contributed by atoms with van der Waals surface area (Å²) in [7, 11) is 0. The first kappa shape index (κ1) is 14.0. The van der Waals surface area contributed by atoms with E-state index in [-0.39, 0.29) is 5.78 Å². The molecule has 1 fully saturated rings. The van der Waals surface area contributed by atoms with Crippen molar-refractivity contribution in [2.45, 2.75) is 37.2 Å². The van der Waals surface area contributed by atoms with E-state index in [0.29, 0.717) is 18.4 Å². The van der Waals surface area contributed by atoms with Gasteiger partial charge >= 0.3 is 0 Å². The van der Waals surface area contributed by atoms with Gasteiger partial charge in [0.1, 0.15) is 0 Å². The molecular weight excluding hydrogens is 260 g/mol. The fourth-order valence-electron chi connectivity index (χ4n) is 3.47. The first-order valence-corrected chi connectivity index (χ1v) is 7.58. The minimum absolute atomic E-state index is 0.0431. The molecule has 2 atom stereocenters. The molecule has 1 aliphatic rings. The topological polar surface area (TPSA) is 37.3 Å². The highest BCUT2D eigenvalue weighted by Crippen LogP contribution is 2.42. The summed E-state index contributed by atoms with van der Waals surface area (Å²) in [4.78, 5) is 13.2. The second-order valence-electron chi connectivity index (χ2n) is 5.79. The average Bonchev–Trinajstić information content (AvgIpc) is 2.56. The lowest BCUT2D eigenvalue weighted by Crippen LogP contribution is -2.48. The molecule has 1 saturated carbocycles. The minimum Gasteiger partial charge on any atom is -0.392 e. The molecule has 0 spiro atoms. The third-order valence-corrected chi connectivity index (χ3v) is 4.60. The average molecular weight is 280 g/mol. The Kier molecular flexibility index (Phi) is 3.89. The first-order chi connectivity index (χ1) is 10.2. The number of benzene rings is 2. The van der Waals surface area contributed by atoms with Crippen molar-refractivity contribution in [3.63, 3.8) is 0 Å². The molecule has 0 bridgehead atoms. The van der Waals surface area contributed by atoms with Crippen LogP contribution in [0.4, 0.5) is 0 Å². The summed E-state index contributed by atoms with van der Waals surface area (Å²) in [6.07, 6.45) is 2.75. The van der Waals surface area contributed by atoms with Crippen LogP contribution >= 0.6 is 0 Å². The summed E-state index contributed by atoms with van der Waals surface area (Å²) < 4.78 is 0. The van der Waals surface area contributed by atoms with E-state index in [1.165, 1.54) is 0 Å². The number of aliphatic hydroxyl groups is 1. The van der Waals surface area contributed by atoms with Gasteiger partial charge in [0.2, 0.25) is 0 Å². The Morgan fingerprint density at radius 1 is 0.952 bits per heavy atom. The predicted octanol–water partition coefficient (Wildman–Crippen LogP) is 3.74. The van der Waals surface area contributed by atoms with Crippen molar-refractivity contribution in [1.29, 1.82) is 0 Å². The van der Waals surface area contributed by atoms with E-state index in [2.05, 4.69) is 0 Å². The quantitative estimate of drug-likeness (QED) is 0.870. The highest BCUT2D eigenvalue weighted by Gasteiger charge is 2.47. The fourth-order valence-corrected chi connectivity index (χ4v) is 3.47. The molecule has 1 N–H and O–H groups in total. The van der Waals surface area contributed by atoms with Crippen molar-refractivity contribution >= 4 is 5.78 Å². The van der Waals surface area contributed by atoms with Gasteiger partial charge in [0.05, 0.1) is 11.5 Å². The summed E-state index contributed by atoms with van der Waals surface area (Å²) in [5.41, 5.74) is 0.828. The van der Waals surface area contributed by atoms with E-state index < -0.39 is 11.5 Å². The van der Waals surface area contributed by atoms with Gasteiger partial charge in [0, 0.05) is 5.56 Å². The molecule has 108 valence electrons. The zero-order chi connectivity index (χ0) is 14.7. The first-order valence-electron chi connectivity index (χ1n) is 7.58. The van der Waals surface area contributed by atoms with Gasteiger partial charge in [-0.3, -0.25) is 4.79 Å². The van der Waals surface area contributed by atoms with Gasteiger partial charge in [0.25, 0.3) is 0 Å². The molecule has 0 saturated heterocycles. The molecule has 0 heterocycles. The van der Waals surface area contributed by atoms with Crippen LogP contribution in [-0.4, -0.2) is 17.0 Å². The van der Waals surface area contributed by atoms with Crippen LogP contribution in [0.5, 0.6) is 0 Å². The minimum atomic E-state index is -0.791. The van der Waals surface area contributed by atoms with Gasteiger partial charge in [-0.15, -0.1) is 0 Å². The second kappa shape index (κ2) is 5.82. The van der Waals surface area contributed by atoms with E-state index in [1.807, 2.05) is 60.7 Å². The van der Waals surface area contributed by atoms with Crippen LogP contribution < -0.4 is 0 Å². The number of carbonyl (C=O) groups excluding carboxylic acids is 1. The zero-order valence-corrected chi connectivity index (χ0v) is 12.0. The van der Waals surface area contributed by atoms with Crippen LogP contribution in [-0.2, 0) is 5.41 Å². The maximum Gasteiger partial charge on any atom is 0.175 e. The Hall–Kier alpha value is -1.93. The molecule has 2 aromatic carbocycles. The molecule has 0 aliphatic heterocycles. The van der Waals surface area contributed by atoms with E-state index in [9.17, 15) is 9.90 Å². The summed E-state index contributed by atoms with van der Waals surface area (Å²) in [6.45, 7) is 0. The third-order valence-electron chi connectivity index (χ3n) is 4.60. The Balaban J connectivity index is 2.11. The molecule has 1 aliphatic carbocycles. The molecular formula is C19H20O2. The van der Waals surface area contributed by atoms with E-state index >= 15 is 0 Å². The van der Waals surface area contributed by atoms with Crippen LogP contribution in [0.15, 0.2) is 60.7 Å². The van der Waals surface area contributed by atoms with Gasteiger partial charge in [-0.25, -0.2) is 0 Å². The Labute approximate surface area is 125 Å². The van der Waals surface area contributed by atoms with Gasteiger partial charge in [-0.2, -0.15) is 0 Å². The SMILES string of the molecule is O=C(c1ccccc1)C1(c2ccccc2)CCCCC1O. The summed E-state index contributed by atoms with van der Waals surface area (Å²) >= 11 is 0. The summed E-state index contributed by atoms with van der Waals surface area (Å²) in [5, 5.41) is 10.7. The number of carbonyl (C=O) groups is 1. The number of Topliss-reactive ketones (excluding diaryl/α,β-unsaturated/α-hetero) is 1. The Bertz CT molecular complexity index is 606. The second-order valence-corrected chi connectivity index (χ2v) is 5.79. The van der Waals surface area contributed by atoms with Crippen LogP contribution in [0.3, 0.4) is 0 Å². The molecule has 3 rings (SSSR count). The van der Waals surface area contributed by atoms with Crippen molar-refractivity contribution in [3.8, 4) is 0 Å². The molecule has 2 heteroatoms. The monoisotopic (exact) mass is 280 g/mol. The standard InChI is InChI=1S/C19H20O2/c20-17-13-7-8-14-19(17,16-11-5-2-6-12-16)18(21)15-9-3-1-4-10-15/h1-6,9-12,17,20H,7-8,13-14H2. The summed E-state index contributed by atoms with van der Waals surface area (Å²) in [5.74, 6) is 0.0431. The lowest BCUT2D eigenvalue weighted by atomic mass is 9.63. The van der Waals surface area contributed by atoms with Gasteiger partial charge < -0.3 is 5.11 Å². The van der Waals surface area contributed by atoms with Gasteiger partial charge in [-0.1, -0.05) is 73.5 Å². The lowest BCUT2D eigenvalue weighted by molar-refractivity contribution is 0.0354. The maximum atomic E-state index is 13.2. The van der Waals surface area contributed by atoms with E-state index in [1.54, 1.807) is 0 Å². The lowest BCUT2D eigenvalue weighted by Gasteiger charge is -2.40. The van der Waals surface area contributed by atoms with Crippen molar-refractivity contribution in [1.82, 2.24) is 0 Å². The Morgan fingerprint density at radius 3 is 2.19 bits per heavy atom. The van der Waals surface area contributed by atoms with Crippen LogP contribution in [0.25, 0.3) is 0 Å². The number of ketones is 1. The molecule has 2 nitrogen and oxygen atoms in total. The molecule has 0 amide bonds. The largest absolute Gasteiger partial charge is 0.392 e. The van der Waals surface area contributed by atoms with Crippen LogP contribution in [0.1, 0.15) is 41.6 Å². The number of hydrogen-bond acceptors (Lipinski definition) is 2. The van der Waals surface area contributed by atoms with E-state index in [4.69, 9.17) is 0 Å². The highest BCUT2D eigenvalue weighted by atomic mass is 16.3. The summed E-state index contributed by atoms with van der Waals surface area (Å²) in [6, 6.07) is 19.1. The van der Waals surface area contributed by atoms with Crippen molar-refractivity contribution in [2.24, 2.45) is 0 Å².